The summed E-state index contributed by atoms with van der Waals surface area (Å²) in [5, 5.41) is 2.92. The molecule has 0 unspecified atom stereocenters. The van der Waals surface area contributed by atoms with Crippen molar-refractivity contribution in [1.82, 2.24) is 0 Å². The summed E-state index contributed by atoms with van der Waals surface area (Å²) in [6, 6.07) is -8.42. The number of halogens is 3. The number of anilines is 5. The van der Waals surface area contributed by atoms with Crippen molar-refractivity contribution in [3.8, 4) is 22.3 Å². The summed E-state index contributed by atoms with van der Waals surface area (Å²) in [5.41, 5.74) is -4.41. The topological polar surface area (TPSA) is 41.6 Å². The van der Waals surface area contributed by atoms with E-state index in [0.29, 0.717) is 5.56 Å². The molecule has 0 saturated carbocycles. The van der Waals surface area contributed by atoms with Gasteiger partial charge in [-0.1, -0.05) is 189 Å². The summed E-state index contributed by atoms with van der Waals surface area (Å²) in [7, 11) is 0. The van der Waals surface area contributed by atoms with Gasteiger partial charge in [-0.05, 0) is 178 Å². The van der Waals surface area contributed by atoms with E-state index >= 15 is 0 Å². The van der Waals surface area contributed by atoms with Gasteiger partial charge in [-0.2, -0.15) is 0 Å². The van der Waals surface area contributed by atoms with Crippen LogP contribution in [0.4, 0.5) is 28.4 Å². The Balaban J connectivity index is 0.000000206. The first kappa shape index (κ1) is 27.7. The molecule has 2 heterocycles. The first-order chi connectivity index (χ1) is 49.5. The quantitative estimate of drug-likeness (QED) is 0.173. The van der Waals surface area contributed by atoms with E-state index in [-0.39, 0.29) is 102 Å². The van der Waals surface area contributed by atoms with Crippen LogP contribution in [0.25, 0.3) is 66.1 Å². The van der Waals surface area contributed by atoms with Gasteiger partial charge in [0.15, 0.2) is 0 Å². The molecule has 2 aromatic heterocycles. The smallest absolute Gasteiger partial charge is 0.135 e. The van der Waals surface area contributed by atoms with Gasteiger partial charge in [-0.15, -0.1) is 0 Å². The third-order valence-corrected chi connectivity index (χ3v) is 12.1. The highest BCUT2D eigenvalue weighted by atomic mass is 79.9. The first-order valence-electron chi connectivity index (χ1n) is 38.5. The minimum Gasteiger partial charge on any atom is -0.456 e. The predicted molar refractivity (Wildman–Crippen MR) is 334 cm³/mol. The zero-order chi connectivity index (χ0) is 80.1. The van der Waals surface area contributed by atoms with E-state index in [1.54, 1.807) is 54.5 Å². The summed E-state index contributed by atoms with van der Waals surface area (Å²) < 4.78 is 272. The van der Waals surface area contributed by atoms with Gasteiger partial charge >= 0.3 is 0 Å². The van der Waals surface area contributed by atoms with Crippen LogP contribution in [0.3, 0.4) is 0 Å². The second-order valence-electron chi connectivity index (χ2n) is 19.4. The van der Waals surface area contributed by atoms with Crippen molar-refractivity contribution in [1.29, 1.82) is 0 Å². The Morgan fingerprint density at radius 1 is 0.416 bits per heavy atom. The summed E-state index contributed by atoms with van der Waals surface area (Å²) >= 11 is 15.5. The molecule has 0 saturated heterocycles. The number of hydrogen-bond acceptors (Lipinski definition) is 4. The van der Waals surface area contributed by atoms with Crippen LogP contribution in [0.5, 0.6) is 0 Å². The lowest BCUT2D eigenvalue weighted by atomic mass is 9.86. The zero-order valence-corrected chi connectivity index (χ0v) is 45.5. The van der Waals surface area contributed by atoms with Gasteiger partial charge in [0.1, 0.15) is 22.3 Å². The Labute approximate surface area is 513 Å². The van der Waals surface area contributed by atoms with E-state index in [2.05, 4.69) is 21.2 Å². The minimum atomic E-state index is -0.804. The fraction of sp³-hybridized carbons (Fsp3) is 0.143. The maximum atomic E-state index is 9.55. The average Bonchev–Trinajstić information content (AvgIpc) is 1.56. The van der Waals surface area contributed by atoms with Crippen molar-refractivity contribution in [3.05, 3.63) is 254 Å². The fourth-order valence-electron chi connectivity index (χ4n) is 7.58. The Morgan fingerprint density at radius 2 is 0.909 bits per heavy atom. The Bertz CT molecular complexity index is 5740. The molecular weight excluding hydrogens is 1050 g/mol. The van der Waals surface area contributed by atoms with Crippen LogP contribution in [0, 0.1) is 13.8 Å². The van der Waals surface area contributed by atoms with Crippen LogP contribution >= 0.6 is 39.1 Å². The monoisotopic (exact) mass is 1140 g/mol. The van der Waals surface area contributed by atoms with E-state index in [1.165, 1.54) is 17.7 Å². The molecule has 0 aliphatic rings. The van der Waals surface area contributed by atoms with Crippen LogP contribution in [-0.4, -0.2) is 0 Å². The van der Waals surface area contributed by atoms with Gasteiger partial charge in [-0.3, -0.25) is 0 Å². The molecule has 1 N–H and O–H groups in total. The highest BCUT2D eigenvalue weighted by Gasteiger charge is 2.20. The number of fused-ring (bicyclic) bond motifs is 6. The lowest BCUT2D eigenvalue weighted by molar-refractivity contribution is 0.587. The molecule has 0 aliphatic heterocycles. The summed E-state index contributed by atoms with van der Waals surface area (Å²) in [4.78, 5) is 1.05. The van der Waals surface area contributed by atoms with Crippen molar-refractivity contribution in [3.63, 3.8) is 0 Å². The minimum absolute atomic E-state index is 0.0400. The first-order valence-corrected chi connectivity index (χ1v) is 25.1. The number of furan rings is 2. The number of benzene rings is 10. The normalized spacial score (nSPS) is 17.0. The Kier molecular flexibility index (Phi) is 7.98. The molecule has 7 heteroatoms. The third-order valence-electron chi connectivity index (χ3n) is 11.2. The number of aryl methyl sites for hydroxylation is 2. The number of nitrogens with zero attached hydrogens (tertiary/aromatic N) is 1. The van der Waals surface area contributed by atoms with E-state index < -0.39 is 201 Å². The van der Waals surface area contributed by atoms with Gasteiger partial charge in [0.25, 0.3) is 0 Å². The highest BCUT2D eigenvalue weighted by molar-refractivity contribution is 9.10. The molecule has 12 aromatic rings. The van der Waals surface area contributed by atoms with E-state index in [9.17, 15) is 4.11 Å². The van der Waals surface area contributed by atoms with Crippen molar-refractivity contribution in [2.24, 2.45) is 0 Å². The summed E-state index contributed by atoms with van der Waals surface area (Å²) in [5.74, 6) is 0. The molecule has 0 radical (unpaired) electrons. The fourth-order valence-corrected chi connectivity index (χ4v) is 8.89. The third kappa shape index (κ3) is 12.4. The van der Waals surface area contributed by atoms with Gasteiger partial charge in [0.05, 0.1) is 41.1 Å². The van der Waals surface area contributed by atoms with Crippen LogP contribution in [-0.2, 0) is 10.8 Å². The molecule has 12 rings (SSSR count). The van der Waals surface area contributed by atoms with Crippen molar-refractivity contribution in [2.45, 2.75) is 66.2 Å². The molecule has 4 nitrogen and oxygen atoms in total. The molecule has 0 spiro atoms. The van der Waals surface area contributed by atoms with Crippen molar-refractivity contribution < 1.29 is 50.0 Å². The SMILES string of the molecule is Cc1cc(Cl)cc(Br)c1.[2H]c1c([2H])c([2H])c(-c2c([2H])c([2H])c([2H])c(N(c3cc(C)cc(Cl)c3)c3c([2H])c([2H])c4oc5c([2H])c(C(C)(C)C)c([2H])c([2H])c5c4c3[2H])c2[2H])c([2H])c1[2H].[2H]c1c([2H])c([2H])c(-c2c([2H])c([2H])c([2H])c(Nc3c([2H])c([2H])c4oc5c([2H])c(C(C)(C)C)c([2H])c([2H])c5c4c3[2H])c2[2H])c([2H])c1[2H]. The van der Waals surface area contributed by atoms with E-state index in [0.717, 1.165) is 14.4 Å². The van der Waals surface area contributed by atoms with Crippen molar-refractivity contribution in [2.75, 3.05) is 10.2 Å². The molecule has 77 heavy (non-hydrogen) atoms. The number of hydrogen-bond donors (Lipinski definition) is 1. The lowest BCUT2D eigenvalue weighted by Gasteiger charge is -2.26. The summed E-state index contributed by atoms with van der Waals surface area (Å²) in [6.07, 6.45) is 0. The van der Waals surface area contributed by atoms with Gasteiger partial charge in [0.2, 0.25) is 0 Å². The van der Waals surface area contributed by atoms with Crippen LogP contribution in [0.2, 0.25) is 10.0 Å². The van der Waals surface area contributed by atoms with Crippen molar-refractivity contribution >= 4 is 111 Å². The molecule has 10 aromatic carbocycles. The maximum absolute atomic E-state index is 9.55. The molecular formula is C70H61BrCl2N2O2. The zero-order valence-electron chi connectivity index (χ0n) is 72.4. The predicted octanol–water partition coefficient (Wildman–Crippen LogP) is 22.7. The van der Waals surface area contributed by atoms with Gasteiger partial charge < -0.3 is 19.1 Å². The van der Waals surface area contributed by atoms with E-state index in [1.807, 2.05) is 25.1 Å². The Morgan fingerprint density at radius 3 is 1.47 bits per heavy atom. The van der Waals surface area contributed by atoms with Gasteiger partial charge in [-0.25, -0.2) is 0 Å². The number of rotatable bonds is 7. The molecule has 0 bridgehead atoms. The summed E-state index contributed by atoms with van der Waals surface area (Å²) in [6.45, 7) is 14.3. The molecule has 384 valence electrons. The average molecular weight is 1140 g/mol. The second-order valence-corrected chi connectivity index (χ2v) is 21.2. The van der Waals surface area contributed by atoms with Crippen LogP contribution in [0.15, 0.2) is 231 Å². The molecule has 0 amide bonds. The standard InChI is InChI=1S/C35H30ClNO.C28H25NO.C7H6BrCl/c1-23-17-27(36)21-30(18-23)37(28-12-8-11-25(19-28)24-9-6-5-7-10-24)29-14-16-33-32(22-29)31-15-13-26(35(2,3)4)20-34(31)38-33;1-28(2,3)21-12-14-24-25-18-23(13-15-26(25)30-27(24)17-21)29-22-11-7-10-20(16-22)19-8-5-4-6-9-19;1-5-2-6(8)4-7(9)3-5/h5-22H,1-4H3;4-18,29H,1-3H3;2-4H,1H3/i5D,6D,7D,8D,9D,10D,11D,12D,13D,14D,15D,16D,19D,20D,22D;4D,5D,6D,7D,8D,9D,10D,11D,12D,13D,14D,15D,16D,17D,18D;. The van der Waals surface area contributed by atoms with Crippen LogP contribution < -0.4 is 10.2 Å². The van der Waals surface area contributed by atoms with Gasteiger partial charge in [0, 0.05) is 64.5 Å². The molecule has 0 aliphatic carbocycles. The second kappa shape index (κ2) is 22.2. The van der Waals surface area contributed by atoms with Crippen LogP contribution in [0.1, 0.15) is 105 Å². The Hall–Kier alpha value is -7.54. The lowest BCUT2D eigenvalue weighted by Crippen LogP contribution is -2.10. The highest BCUT2D eigenvalue weighted by Crippen LogP contribution is 2.42. The molecule has 0 fully saturated rings. The molecule has 0 atom stereocenters. The largest absolute Gasteiger partial charge is 0.456 e. The number of nitrogens with one attached hydrogen (secondary N) is 1. The van der Waals surface area contributed by atoms with E-state index in [4.69, 9.17) is 69.0 Å². The maximum Gasteiger partial charge on any atom is 0.135 e.